The molecule has 0 radical (unpaired) electrons. The summed E-state index contributed by atoms with van der Waals surface area (Å²) in [6, 6.07) is 26.7. The minimum Gasteiger partial charge on any atom is -0.481 e. The number of carboxylic acid groups (broad SMARTS) is 1. The van der Waals surface area contributed by atoms with E-state index in [1.165, 1.54) is 5.56 Å². The number of carbonyl (C=O) groups is 1. The second-order valence-electron chi connectivity index (χ2n) is 12.0. The van der Waals surface area contributed by atoms with Gasteiger partial charge in [0.1, 0.15) is 0 Å². The molecule has 0 unspecified atom stereocenters. The summed E-state index contributed by atoms with van der Waals surface area (Å²) in [5, 5.41) is 22.2. The Morgan fingerprint density at radius 2 is 1.86 bits per heavy atom. The summed E-state index contributed by atoms with van der Waals surface area (Å²) in [5.41, 5.74) is 5.39. The van der Waals surface area contributed by atoms with Crippen molar-refractivity contribution in [2.45, 2.75) is 63.2 Å². The van der Waals surface area contributed by atoms with Crippen LogP contribution < -0.4 is 0 Å². The lowest BCUT2D eigenvalue weighted by atomic mass is 9.90. The lowest BCUT2D eigenvalue weighted by Crippen LogP contribution is -2.18. The molecule has 1 saturated carbocycles. The van der Waals surface area contributed by atoms with Gasteiger partial charge < -0.3 is 10.2 Å². The van der Waals surface area contributed by atoms with Crippen molar-refractivity contribution >= 4 is 46.3 Å². The predicted molar refractivity (Wildman–Crippen MR) is 175 cm³/mol. The SMILES string of the molecule is CC(C)(O)c1ccccc1CC[C@@H](SCC1(CC(=O)O)CC1)c1cccc(/C=C/Cc2ccc3ccc(Cl)cc3n2)c1. The van der Waals surface area contributed by atoms with Crippen LogP contribution in [-0.4, -0.2) is 26.9 Å². The maximum absolute atomic E-state index is 11.5. The Morgan fingerprint density at radius 1 is 1.07 bits per heavy atom. The Balaban J connectivity index is 1.32. The number of aliphatic carboxylic acids is 1. The molecule has 0 spiro atoms. The fraction of sp³-hybridized carbons (Fsp3) is 0.333. The first-order valence-electron chi connectivity index (χ1n) is 14.6. The molecule has 0 bridgehead atoms. The van der Waals surface area contributed by atoms with Gasteiger partial charge in [-0.2, -0.15) is 11.8 Å². The average Bonchev–Trinajstić information content (AvgIpc) is 3.71. The lowest BCUT2D eigenvalue weighted by molar-refractivity contribution is -0.138. The van der Waals surface area contributed by atoms with Gasteiger partial charge in [-0.05, 0) is 85.4 Å². The van der Waals surface area contributed by atoms with Gasteiger partial charge in [-0.1, -0.05) is 84.4 Å². The molecule has 2 N–H and O–H groups in total. The van der Waals surface area contributed by atoms with Gasteiger partial charge in [0, 0.05) is 33.5 Å². The summed E-state index contributed by atoms with van der Waals surface area (Å²) >= 11 is 8.04. The van der Waals surface area contributed by atoms with Crippen LogP contribution in [0.2, 0.25) is 5.02 Å². The van der Waals surface area contributed by atoms with Crippen molar-refractivity contribution in [3.05, 3.63) is 118 Å². The number of hydrogen-bond donors (Lipinski definition) is 2. The number of halogens is 1. The zero-order valence-corrected chi connectivity index (χ0v) is 25.8. The van der Waals surface area contributed by atoms with Crippen molar-refractivity contribution < 1.29 is 15.0 Å². The van der Waals surface area contributed by atoms with Crippen LogP contribution in [0.4, 0.5) is 0 Å². The van der Waals surface area contributed by atoms with E-state index in [2.05, 4.69) is 54.6 Å². The van der Waals surface area contributed by atoms with E-state index < -0.39 is 11.6 Å². The topological polar surface area (TPSA) is 70.4 Å². The van der Waals surface area contributed by atoms with Gasteiger partial charge in [-0.25, -0.2) is 0 Å². The predicted octanol–water partition coefficient (Wildman–Crippen LogP) is 9.03. The number of aliphatic hydroxyl groups is 1. The first kappa shape index (κ1) is 30.3. The van der Waals surface area contributed by atoms with Crippen molar-refractivity contribution in [2.24, 2.45) is 5.41 Å². The Morgan fingerprint density at radius 3 is 2.62 bits per heavy atom. The fourth-order valence-electron chi connectivity index (χ4n) is 5.54. The molecule has 5 rings (SSSR count). The third kappa shape index (κ3) is 8.03. The molecule has 42 heavy (non-hydrogen) atoms. The molecular formula is C36H38ClNO3S. The molecule has 0 saturated heterocycles. The highest BCUT2D eigenvalue weighted by Gasteiger charge is 2.44. The minimum atomic E-state index is -0.907. The molecule has 1 heterocycles. The average molecular weight is 600 g/mol. The first-order chi connectivity index (χ1) is 20.1. The monoisotopic (exact) mass is 599 g/mol. The van der Waals surface area contributed by atoms with E-state index in [0.717, 1.165) is 71.1 Å². The van der Waals surface area contributed by atoms with E-state index in [1.54, 1.807) is 0 Å². The van der Waals surface area contributed by atoms with E-state index in [0.29, 0.717) is 5.02 Å². The van der Waals surface area contributed by atoms with Crippen LogP contribution in [0, 0.1) is 5.41 Å². The van der Waals surface area contributed by atoms with E-state index in [-0.39, 0.29) is 17.1 Å². The highest BCUT2D eigenvalue weighted by molar-refractivity contribution is 7.99. The number of carboxylic acids is 1. The largest absolute Gasteiger partial charge is 0.481 e. The molecule has 1 fully saturated rings. The number of hydrogen-bond acceptors (Lipinski definition) is 4. The first-order valence-corrected chi connectivity index (χ1v) is 16.0. The Bertz CT molecular complexity index is 1590. The maximum Gasteiger partial charge on any atom is 0.303 e. The number of thioether (sulfide) groups is 1. The zero-order valence-electron chi connectivity index (χ0n) is 24.2. The van der Waals surface area contributed by atoms with Crippen molar-refractivity contribution in [1.82, 2.24) is 4.98 Å². The summed E-state index contributed by atoms with van der Waals surface area (Å²) in [5.74, 6) is 0.134. The van der Waals surface area contributed by atoms with Crippen LogP contribution in [0.1, 0.15) is 72.7 Å². The highest BCUT2D eigenvalue weighted by atomic mass is 35.5. The number of benzene rings is 3. The molecule has 0 amide bonds. The number of aryl methyl sites for hydroxylation is 1. The number of rotatable bonds is 13. The number of pyridine rings is 1. The number of allylic oxidation sites excluding steroid dienone is 1. The smallest absolute Gasteiger partial charge is 0.303 e. The second kappa shape index (κ2) is 13.0. The normalized spacial score (nSPS) is 15.2. The van der Waals surface area contributed by atoms with Crippen molar-refractivity contribution in [3.8, 4) is 0 Å². The van der Waals surface area contributed by atoms with Gasteiger partial charge in [0.2, 0.25) is 0 Å². The third-order valence-electron chi connectivity index (χ3n) is 8.06. The zero-order chi connectivity index (χ0) is 29.7. The third-order valence-corrected chi connectivity index (χ3v) is 9.98. The quantitative estimate of drug-likeness (QED) is 0.160. The van der Waals surface area contributed by atoms with E-state index in [1.807, 2.05) is 62.0 Å². The van der Waals surface area contributed by atoms with E-state index in [4.69, 9.17) is 16.6 Å². The van der Waals surface area contributed by atoms with Crippen LogP contribution in [0.15, 0.2) is 84.9 Å². The van der Waals surface area contributed by atoms with Gasteiger partial charge in [0.05, 0.1) is 17.5 Å². The molecule has 1 atom stereocenters. The van der Waals surface area contributed by atoms with Gasteiger partial charge in [-0.3, -0.25) is 9.78 Å². The molecule has 4 aromatic rings. The Hall–Kier alpha value is -3.12. The minimum absolute atomic E-state index is 0.0751. The summed E-state index contributed by atoms with van der Waals surface area (Å²) in [4.78, 5) is 16.3. The lowest BCUT2D eigenvalue weighted by Gasteiger charge is -2.24. The van der Waals surface area contributed by atoms with Crippen molar-refractivity contribution in [2.75, 3.05) is 5.75 Å². The maximum atomic E-state index is 11.5. The summed E-state index contributed by atoms with van der Waals surface area (Å²) in [6.07, 6.45) is 8.95. The molecule has 1 aliphatic carbocycles. The van der Waals surface area contributed by atoms with Gasteiger partial charge in [0.25, 0.3) is 0 Å². The summed E-state index contributed by atoms with van der Waals surface area (Å²) in [6.45, 7) is 3.67. The summed E-state index contributed by atoms with van der Waals surface area (Å²) in [7, 11) is 0. The van der Waals surface area contributed by atoms with Crippen LogP contribution >= 0.6 is 23.4 Å². The van der Waals surface area contributed by atoms with Crippen LogP contribution in [0.25, 0.3) is 17.0 Å². The summed E-state index contributed by atoms with van der Waals surface area (Å²) < 4.78 is 0. The van der Waals surface area contributed by atoms with Gasteiger partial charge in [-0.15, -0.1) is 0 Å². The van der Waals surface area contributed by atoms with E-state index in [9.17, 15) is 15.0 Å². The van der Waals surface area contributed by atoms with Crippen molar-refractivity contribution in [1.29, 1.82) is 0 Å². The van der Waals surface area contributed by atoms with Gasteiger partial charge >= 0.3 is 5.97 Å². The molecule has 1 aliphatic rings. The van der Waals surface area contributed by atoms with Gasteiger partial charge in [0.15, 0.2) is 0 Å². The Kier molecular flexibility index (Phi) is 9.41. The molecule has 1 aromatic heterocycles. The fourth-order valence-corrected chi connectivity index (χ4v) is 7.28. The highest BCUT2D eigenvalue weighted by Crippen LogP contribution is 2.53. The molecular weight excluding hydrogens is 562 g/mol. The number of nitrogens with zero attached hydrogens (tertiary/aromatic N) is 1. The Labute approximate surface area is 257 Å². The molecule has 4 nitrogen and oxygen atoms in total. The van der Waals surface area contributed by atoms with Crippen molar-refractivity contribution in [3.63, 3.8) is 0 Å². The standard InChI is InChI=1S/C36H38ClNO3S/c1-35(2,41)31-12-4-3-9-26(31)15-18-33(42-24-36(19-20-36)23-34(39)40)28-10-5-7-25(21-28)8-6-11-30-17-14-27-13-16-29(37)22-32(27)38-30/h3-10,12-14,16-17,21-22,33,41H,11,15,18-20,23-24H2,1-2H3,(H,39,40)/b8-6+/t33-/m1/s1. The molecule has 3 aromatic carbocycles. The molecule has 218 valence electrons. The van der Waals surface area contributed by atoms with Crippen LogP contribution in [0.3, 0.4) is 0 Å². The second-order valence-corrected chi connectivity index (χ2v) is 13.7. The number of fused-ring (bicyclic) bond motifs is 1. The van der Waals surface area contributed by atoms with E-state index >= 15 is 0 Å². The van der Waals surface area contributed by atoms with Crippen LogP contribution in [0.5, 0.6) is 0 Å². The van der Waals surface area contributed by atoms with Crippen LogP contribution in [-0.2, 0) is 23.2 Å². The number of aromatic nitrogens is 1. The molecule has 6 heteroatoms. The molecule has 0 aliphatic heterocycles.